The molecular formula is C11H14. The highest BCUT2D eigenvalue weighted by Gasteiger charge is 1.93. The third-order valence-electron chi connectivity index (χ3n) is 1.67. The van der Waals surface area contributed by atoms with Crippen LogP contribution >= 0.6 is 0 Å². The summed E-state index contributed by atoms with van der Waals surface area (Å²) in [5, 5.41) is 0. The van der Waals surface area contributed by atoms with Crippen LogP contribution in [0.1, 0.15) is 28.5 Å². The van der Waals surface area contributed by atoms with E-state index in [1.54, 1.807) is 6.07 Å². The summed E-state index contributed by atoms with van der Waals surface area (Å²) in [6.45, 7) is 2.34. The molecule has 0 atom stereocenters. The van der Waals surface area contributed by atoms with E-state index >= 15 is 0 Å². The predicted molar refractivity (Wildman–Crippen MR) is 50.4 cm³/mol. The maximum Gasteiger partial charge on any atom is 0.0629 e. The zero-order chi connectivity index (χ0) is 9.68. The highest BCUT2D eigenvalue weighted by Crippen LogP contribution is 2.16. The Balaban J connectivity index is 2.99. The fourth-order valence-electron chi connectivity index (χ4n) is 1.03. The first-order valence-corrected chi connectivity index (χ1v) is 3.80. The van der Waals surface area contributed by atoms with Crippen LogP contribution in [0.15, 0.2) is 36.4 Å². The molecule has 0 unspecified atom stereocenters. The van der Waals surface area contributed by atoms with Gasteiger partial charge in [-0.15, -0.1) is 0 Å². The van der Waals surface area contributed by atoms with Crippen LogP contribution in [-0.2, 0) is 0 Å². The van der Waals surface area contributed by atoms with Crippen LogP contribution in [0.2, 0.25) is 0 Å². The van der Waals surface area contributed by atoms with Crippen molar-refractivity contribution in [3.8, 4) is 0 Å². The van der Waals surface area contributed by atoms with E-state index in [1.807, 2.05) is 31.2 Å². The van der Waals surface area contributed by atoms with Gasteiger partial charge in [-0.1, -0.05) is 43.3 Å². The Bertz CT molecular complexity index is 303. The van der Waals surface area contributed by atoms with Gasteiger partial charge >= 0.3 is 0 Å². The third-order valence-corrected chi connectivity index (χ3v) is 1.67. The summed E-state index contributed by atoms with van der Waals surface area (Å²) in [6.07, 6.45) is 2.72. The SMILES string of the molecule is [2H]CC/C(=C/C)c1ccccc1[2H]. The highest BCUT2D eigenvalue weighted by molar-refractivity contribution is 5.64. The van der Waals surface area contributed by atoms with E-state index in [4.69, 9.17) is 2.74 Å². The summed E-state index contributed by atoms with van der Waals surface area (Å²) in [4.78, 5) is 0. The molecule has 0 amide bonds. The molecule has 0 saturated heterocycles. The first kappa shape index (κ1) is 5.59. The lowest BCUT2D eigenvalue weighted by molar-refractivity contribution is 1.23. The fraction of sp³-hybridized carbons (Fsp3) is 0.273. The number of benzene rings is 1. The van der Waals surface area contributed by atoms with Crippen LogP contribution in [0.4, 0.5) is 0 Å². The molecule has 0 N–H and O–H groups in total. The molecule has 0 bridgehead atoms. The standard InChI is InChI=1S/C11H14/c1-3-10(4-2)11-8-6-5-7-9-11/h3,5-9H,4H2,1-2H3/b10-3-/i2D,8D. The van der Waals surface area contributed by atoms with Crippen LogP contribution in [0.3, 0.4) is 0 Å². The normalized spacial score (nSPS) is 14.1. The molecule has 0 nitrogen and oxygen atoms in total. The molecule has 0 spiro atoms. The van der Waals surface area contributed by atoms with Crippen LogP contribution in [0.5, 0.6) is 0 Å². The van der Waals surface area contributed by atoms with Gasteiger partial charge in [0, 0.05) is 1.37 Å². The van der Waals surface area contributed by atoms with Crippen molar-refractivity contribution in [2.75, 3.05) is 0 Å². The van der Waals surface area contributed by atoms with Gasteiger partial charge in [0.2, 0.25) is 0 Å². The van der Waals surface area contributed by atoms with E-state index in [0.29, 0.717) is 12.9 Å². The van der Waals surface area contributed by atoms with E-state index in [9.17, 15) is 0 Å². The first-order valence-electron chi connectivity index (χ1n) is 5.00. The molecule has 0 fully saturated rings. The molecule has 1 rings (SSSR count). The van der Waals surface area contributed by atoms with Gasteiger partial charge in [-0.25, -0.2) is 0 Å². The predicted octanol–water partition coefficient (Wildman–Crippen LogP) is 3.50. The molecule has 0 aliphatic heterocycles. The third kappa shape index (κ3) is 1.94. The molecule has 0 aliphatic rings. The minimum atomic E-state index is 0.383. The molecule has 0 aliphatic carbocycles. The Hall–Kier alpha value is -1.04. The monoisotopic (exact) mass is 148 g/mol. The number of hydrogen-bond donors (Lipinski definition) is 0. The Kier molecular flexibility index (Phi) is 2.02. The van der Waals surface area contributed by atoms with Crippen LogP contribution in [0, 0.1) is 0 Å². The summed E-state index contributed by atoms with van der Waals surface area (Å²) < 4.78 is 14.8. The Morgan fingerprint density at radius 2 is 2.55 bits per heavy atom. The second-order valence-corrected chi connectivity index (χ2v) is 2.34. The summed E-state index contributed by atoms with van der Waals surface area (Å²) in [5.41, 5.74) is 2.05. The summed E-state index contributed by atoms with van der Waals surface area (Å²) in [6, 6.07) is 8.06. The topological polar surface area (TPSA) is 0 Å². The minimum Gasteiger partial charge on any atom is -0.0839 e. The molecule has 0 heterocycles. The van der Waals surface area contributed by atoms with Crippen molar-refractivity contribution in [2.24, 2.45) is 0 Å². The van der Waals surface area contributed by atoms with E-state index < -0.39 is 0 Å². The van der Waals surface area contributed by atoms with Gasteiger partial charge in [-0.2, -0.15) is 0 Å². The highest BCUT2D eigenvalue weighted by atomic mass is 14.0. The summed E-state index contributed by atoms with van der Waals surface area (Å²) >= 11 is 0. The fourth-order valence-corrected chi connectivity index (χ4v) is 1.03. The van der Waals surface area contributed by atoms with Gasteiger partial charge in [0.05, 0.1) is 1.37 Å². The second kappa shape index (κ2) is 3.97. The Morgan fingerprint density at radius 3 is 3.18 bits per heavy atom. The lowest BCUT2D eigenvalue weighted by Crippen LogP contribution is -1.79. The molecule has 0 radical (unpaired) electrons. The lowest BCUT2D eigenvalue weighted by Gasteiger charge is -2.01. The van der Waals surface area contributed by atoms with Gasteiger partial charge < -0.3 is 0 Å². The van der Waals surface area contributed by atoms with Crippen molar-refractivity contribution in [1.29, 1.82) is 0 Å². The van der Waals surface area contributed by atoms with Gasteiger partial charge in [0.25, 0.3) is 0 Å². The van der Waals surface area contributed by atoms with Crippen molar-refractivity contribution in [3.63, 3.8) is 0 Å². The number of hydrogen-bond acceptors (Lipinski definition) is 0. The molecule has 1 aromatic carbocycles. The van der Waals surface area contributed by atoms with Gasteiger partial charge in [0.1, 0.15) is 0 Å². The Labute approximate surface area is 71.4 Å². The van der Waals surface area contributed by atoms with E-state index in [0.717, 1.165) is 17.6 Å². The number of rotatable bonds is 2. The van der Waals surface area contributed by atoms with Crippen LogP contribution in [-0.4, -0.2) is 0 Å². The van der Waals surface area contributed by atoms with Gasteiger partial charge in [-0.3, -0.25) is 0 Å². The van der Waals surface area contributed by atoms with Crippen molar-refractivity contribution in [1.82, 2.24) is 0 Å². The number of allylic oxidation sites excluding steroid dienone is 2. The van der Waals surface area contributed by atoms with Crippen LogP contribution in [0.25, 0.3) is 5.57 Å². The maximum absolute atomic E-state index is 7.68. The summed E-state index contributed by atoms with van der Waals surface area (Å²) in [7, 11) is 0. The first-order chi connectivity index (χ1) is 6.29. The largest absolute Gasteiger partial charge is 0.0839 e. The molecule has 58 valence electrons. The van der Waals surface area contributed by atoms with Crippen LogP contribution < -0.4 is 0 Å². The lowest BCUT2D eigenvalue weighted by atomic mass is 10.0. The molecule has 0 heteroatoms. The average Bonchev–Trinajstić information content (AvgIpc) is 2.16. The zero-order valence-corrected chi connectivity index (χ0v) is 6.80. The Morgan fingerprint density at radius 1 is 1.64 bits per heavy atom. The van der Waals surface area contributed by atoms with Crippen molar-refractivity contribution >= 4 is 5.57 Å². The molecule has 11 heavy (non-hydrogen) atoms. The van der Waals surface area contributed by atoms with E-state index in [2.05, 4.69) is 0 Å². The maximum atomic E-state index is 7.68. The van der Waals surface area contributed by atoms with Crippen molar-refractivity contribution < 1.29 is 2.74 Å². The van der Waals surface area contributed by atoms with Gasteiger partial charge in [0.15, 0.2) is 0 Å². The summed E-state index contributed by atoms with van der Waals surface area (Å²) in [5.74, 6) is 0. The molecular weight excluding hydrogens is 132 g/mol. The smallest absolute Gasteiger partial charge is 0.0629 e. The minimum absolute atomic E-state index is 0.383. The molecule has 0 aromatic heterocycles. The van der Waals surface area contributed by atoms with E-state index in [-0.39, 0.29) is 0 Å². The zero-order valence-electron chi connectivity index (χ0n) is 8.80. The second-order valence-electron chi connectivity index (χ2n) is 2.34. The van der Waals surface area contributed by atoms with Crippen molar-refractivity contribution in [2.45, 2.75) is 20.2 Å². The average molecular weight is 148 g/mol. The van der Waals surface area contributed by atoms with Crippen molar-refractivity contribution in [3.05, 3.63) is 41.9 Å². The quantitative estimate of drug-likeness (QED) is 0.602. The van der Waals surface area contributed by atoms with Gasteiger partial charge in [-0.05, 0) is 24.5 Å². The van der Waals surface area contributed by atoms with E-state index in [1.165, 1.54) is 0 Å². The molecule has 1 aromatic rings. The molecule has 0 saturated carbocycles.